The summed E-state index contributed by atoms with van der Waals surface area (Å²) in [7, 11) is 1.47. The zero-order chi connectivity index (χ0) is 24.3. The van der Waals surface area contributed by atoms with Crippen LogP contribution < -0.4 is 9.47 Å². The van der Waals surface area contributed by atoms with Crippen molar-refractivity contribution in [3.63, 3.8) is 0 Å². The third-order valence-electron chi connectivity index (χ3n) is 5.37. The topological polar surface area (TPSA) is 66.8 Å². The number of esters is 1. The lowest BCUT2D eigenvalue weighted by Gasteiger charge is -2.11. The van der Waals surface area contributed by atoms with Crippen LogP contribution in [-0.2, 0) is 16.0 Å². The molecule has 1 atom stereocenters. The molecule has 33 heavy (non-hydrogen) atoms. The standard InChI is InChI=1S/C24H24ClF2NO5/c1-5-13(2)32-22(29)11-17-14(3)28(20-12-19(25)21(31-4)10-18(17)20)23(30)15-6-8-16(9-7-15)33-24(26)27/h6-10,12-13,24H,5,11H2,1-4H3. The summed E-state index contributed by atoms with van der Waals surface area (Å²) in [6, 6.07) is 8.65. The van der Waals surface area contributed by atoms with E-state index in [2.05, 4.69) is 4.74 Å². The van der Waals surface area contributed by atoms with Crippen molar-refractivity contribution in [3.05, 3.63) is 58.2 Å². The molecular formula is C24H24ClF2NO5. The molecule has 176 valence electrons. The number of hydrogen-bond acceptors (Lipinski definition) is 5. The Hall–Kier alpha value is -3.13. The molecule has 1 unspecified atom stereocenters. The van der Waals surface area contributed by atoms with Crippen LogP contribution in [0.25, 0.3) is 10.9 Å². The van der Waals surface area contributed by atoms with Gasteiger partial charge in [0.2, 0.25) is 0 Å². The highest BCUT2D eigenvalue weighted by molar-refractivity contribution is 6.33. The fourth-order valence-electron chi connectivity index (χ4n) is 3.52. The van der Waals surface area contributed by atoms with Crippen LogP contribution in [0.15, 0.2) is 36.4 Å². The lowest BCUT2D eigenvalue weighted by Crippen LogP contribution is -2.17. The summed E-state index contributed by atoms with van der Waals surface area (Å²) >= 11 is 6.32. The van der Waals surface area contributed by atoms with Crippen molar-refractivity contribution < 1.29 is 32.6 Å². The summed E-state index contributed by atoms with van der Waals surface area (Å²) in [5.74, 6) is -0.485. The Morgan fingerprint density at radius 1 is 1.15 bits per heavy atom. The van der Waals surface area contributed by atoms with E-state index in [-0.39, 0.29) is 23.8 Å². The molecule has 0 amide bonds. The second kappa shape index (κ2) is 10.2. The van der Waals surface area contributed by atoms with Crippen molar-refractivity contribution in [1.82, 2.24) is 4.57 Å². The highest BCUT2D eigenvalue weighted by Crippen LogP contribution is 2.35. The zero-order valence-corrected chi connectivity index (χ0v) is 19.4. The van der Waals surface area contributed by atoms with Gasteiger partial charge in [-0.3, -0.25) is 14.2 Å². The van der Waals surface area contributed by atoms with Gasteiger partial charge >= 0.3 is 12.6 Å². The number of fused-ring (bicyclic) bond motifs is 1. The molecule has 1 heterocycles. The molecule has 1 aromatic heterocycles. The molecule has 3 aromatic rings. The van der Waals surface area contributed by atoms with Crippen LogP contribution in [0.1, 0.15) is 41.9 Å². The third-order valence-corrected chi connectivity index (χ3v) is 5.66. The van der Waals surface area contributed by atoms with E-state index in [0.717, 1.165) is 0 Å². The Labute approximate surface area is 195 Å². The van der Waals surface area contributed by atoms with Crippen molar-refractivity contribution in [3.8, 4) is 11.5 Å². The number of carbonyl (C=O) groups is 2. The number of ether oxygens (including phenoxy) is 3. The third kappa shape index (κ3) is 5.27. The number of rotatable bonds is 8. The van der Waals surface area contributed by atoms with Gasteiger partial charge in [0.15, 0.2) is 0 Å². The number of alkyl halides is 2. The molecule has 0 aliphatic carbocycles. The number of carbonyl (C=O) groups excluding carboxylic acids is 2. The van der Waals surface area contributed by atoms with Crippen LogP contribution in [0.2, 0.25) is 5.02 Å². The average molecular weight is 480 g/mol. The Balaban J connectivity index is 2.09. The first-order valence-corrected chi connectivity index (χ1v) is 10.7. The Morgan fingerprint density at radius 2 is 1.82 bits per heavy atom. The van der Waals surface area contributed by atoms with Crippen LogP contribution in [-0.4, -0.2) is 36.3 Å². The minimum atomic E-state index is -2.96. The normalized spacial score (nSPS) is 12.1. The van der Waals surface area contributed by atoms with Gasteiger partial charge in [-0.2, -0.15) is 8.78 Å². The van der Waals surface area contributed by atoms with Crippen molar-refractivity contribution in [2.24, 2.45) is 0 Å². The summed E-state index contributed by atoms with van der Waals surface area (Å²) < 4.78 is 41.4. The Morgan fingerprint density at radius 3 is 2.39 bits per heavy atom. The second-order valence-corrected chi connectivity index (χ2v) is 7.90. The molecule has 0 aliphatic heterocycles. The van der Waals surface area contributed by atoms with E-state index in [1.807, 2.05) is 13.8 Å². The molecule has 3 rings (SSSR count). The number of methoxy groups -OCH3 is 1. The van der Waals surface area contributed by atoms with Gasteiger partial charge in [-0.1, -0.05) is 18.5 Å². The highest BCUT2D eigenvalue weighted by Gasteiger charge is 2.24. The second-order valence-electron chi connectivity index (χ2n) is 7.50. The van der Waals surface area contributed by atoms with Gasteiger partial charge in [-0.25, -0.2) is 0 Å². The maximum Gasteiger partial charge on any atom is 0.387 e. The van der Waals surface area contributed by atoms with Gasteiger partial charge in [0, 0.05) is 16.6 Å². The molecule has 0 radical (unpaired) electrons. The number of benzene rings is 2. The first-order chi connectivity index (χ1) is 15.7. The molecule has 0 N–H and O–H groups in total. The van der Waals surface area contributed by atoms with E-state index in [1.54, 1.807) is 19.1 Å². The molecule has 2 aromatic carbocycles. The average Bonchev–Trinajstić information content (AvgIpc) is 3.02. The first kappa shape index (κ1) is 24.5. The molecule has 9 heteroatoms. The highest BCUT2D eigenvalue weighted by atomic mass is 35.5. The van der Waals surface area contributed by atoms with Crippen LogP contribution in [0.4, 0.5) is 8.78 Å². The van der Waals surface area contributed by atoms with Crippen LogP contribution in [0, 0.1) is 6.92 Å². The van der Waals surface area contributed by atoms with Gasteiger partial charge in [-0.15, -0.1) is 0 Å². The lowest BCUT2D eigenvalue weighted by molar-refractivity contribution is -0.147. The van der Waals surface area contributed by atoms with Crippen molar-refractivity contribution in [2.75, 3.05) is 7.11 Å². The van der Waals surface area contributed by atoms with E-state index < -0.39 is 18.5 Å². The SMILES string of the molecule is CCC(C)OC(=O)Cc1c(C)n(C(=O)c2ccc(OC(F)F)cc2)c2cc(Cl)c(OC)cc12. The Kier molecular flexibility index (Phi) is 7.58. The molecule has 6 nitrogen and oxygen atoms in total. The molecular weight excluding hydrogens is 456 g/mol. The molecule has 0 saturated heterocycles. The van der Waals surface area contributed by atoms with Crippen LogP contribution in [0.3, 0.4) is 0 Å². The van der Waals surface area contributed by atoms with Crippen LogP contribution in [0.5, 0.6) is 11.5 Å². The number of nitrogens with zero attached hydrogens (tertiary/aromatic N) is 1. The van der Waals surface area contributed by atoms with Crippen LogP contribution >= 0.6 is 11.6 Å². The molecule has 0 saturated carbocycles. The van der Waals surface area contributed by atoms with Gasteiger partial charge in [0.25, 0.3) is 5.91 Å². The fraction of sp³-hybridized carbons (Fsp3) is 0.333. The maximum atomic E-state index is 13.4. The fourth-order valence-corrected chi connectivity index (χ4v) is 3.76. The minimum absolute atomic E-state index is 0.0428. The van der Waals surface area contributed by atoms with E-state index >= 15 is 0 Å². The molecule has 0 aliphatic rings. The summed E-state index contributed by atoms with van der Waals surface area (Å²) in [4.78, 5) is 25.9. The summed E-state index contributed by atoms with van der Waals surface area (Å²) in [5, 5.41) is 0.923. The maximum absolute atomic E-state index is 13.4. The van der Waals surface area contributed by atoms with Crippen molar-refractivity contribution in [1.29, 1.82) is 0 Å². The van der Waals surface area contributed by atoms with E-state index in [9.17, 15) is 18.4 Å². The van der Waals surface area contributed by atoms with E-state index in [4.69, 9.17) is 21.1 Å². The van der Waals surface area contributed by atoms with Crippen molar-refractivity contribution >= 4 is 34.4 Å². The first-order valence-electron chi connectivity index (χ1n) is 10.3. The Bertz CT molecular complexity index is 1170. The predicted molar refractivity (Wildman–Crippen MR) is 121 cm³/mol. The molecule has 0 spiro atoms. The largest absolute Gasteiger partial charge is 0.495 e. The monoisotopic (exact) mass is 479 g/mol. The molecule has 0 bridgehead atoms. The van der Waals surface area contributed by atoms with Crippen molar-refractivity contribution in [2.45, 2.75) is 46.3 Å². The zero-order valence-electron chi connectivity index (χ0n) is 18.7. The van der Waals surface area contributed by atoms with Gasteiger partial charge < -0.3 is 14.2 Å². The molecule has 0 fully saturated rings. The number of halogens is 3. The number of aromatic nitrogens is 1. The quantitative estimate of drug-likeness (QED) is 0.383. The smallest absolute Gasteiger partial charge is 0.387 e. The van der Waals surface area contributed by atoms with Gasteiger partial charge in [0.1, 0.15) is 11.5 Å². The lowest BCUT2D eigenvalue weighted by atomic mass is 10.1. The van der Waals surface area contributed by atoms with E-state index in [1.165, 1.54) is 35.9 Å². The van der Waals surface area contributed by atoms with E-state index in [0.29, 0.717) is 39.4 Å². The van der Waals surface area contributed by atoms with Gasteiger partial charge in [0.05, 0.1) is 30.2 Å². The van der Waals surface area contributed by atoms with Gasteiger partial charge in [-0.05, 0) is 62.2 Å². The number of hydrogen-bond donors (Lipinski definition) is 0. The summed E-state index contributed by atoms with van der Waals surface area (Å²) in [6.45, 7) is 2.48. The summed E-state index contributed by atoms with van der Waals surface area (Å²) in [5.41, 5.74) is 1.88. The predicted octanol–water partition coefficient (Wildman–Crippen LogP) is 5.79. The minimum Gasteiger partial charge on any atom is -0.495 e. The summed E-state index contributed by atoms with van der Waals surface area (Å²) in [6.07, 6.45) is 0.407.